The van der Waals surface area contributed by atoms with Crippen molar-refractivity contribution in [1.82, 2.24) is 10.3 Å². The molecule has 118 valence electrons. The molecule has 0 bridgehead atoms. The maximum atomic E-state index is 12.2. The fraction of sp³-hybridized carbons (Fsp3) is 0.692. The minimum atomic E-state index is -0.840. The van der Waals surface area contributed by atoms with Crippen LogP contribution in [0.4, 0.5) is 10.9 Å². The molecule has 0 aromatic carbocycles. The van der Waals surface area contributed by atoms with Crippen LogP contribution < -0.4 is 16.0 Å². The second-order valence-corrected chi connectivity index (χ2v) is 7.88. The normalized spacial score (nSPS) is 17.7. The minimum Gasteiger partial charge on any atom is -0.382 e. The molecule has 2 heterocycles. The summed E-state index contributed by atoms with van der Waals surface area (Å²) >= 11 is 1.35. The number of nitrogen functional groups attached to an aromatic ring is 1. The van der Waals surface area contributed by atoms with Crippen LogP contribution in [0.5, 0.6) is 0 Å². The van der Waals surface area contributed by atoms with Gasteiger partial charge < -0.3 is 16.0 Å². The lowest BCUT2D eigenvalue weighted by Crippen LogP contribution is -2.33. The average molecular weight is 330 g/mol. The Kier molecular flexibility index (Phi) is 5.58. The molecule has 0 saturated carbocycles. The van der Waals surface area contributed by atoms with Gasteiger partial charge in [0.1, 0.15) is 10.7 Å². The predicted octanol–water partition coefficient (Wildman–Crippen LogP) is 1.21. The molecule has 1 aliphatic rings. The van der Waals surface area contributed by atoms with Gasteiger partial charge in [-0.25, -0.2) is 4.98 Å². The lowest BCUT2D eigenvalue weighted by atomic mass is 10.2. The maximum Gasteiger partial charge on any atom is 0.265 e. The zero-order valence-electron chi connectivity index (χ0n) is 12.4. The van der Waals surface area contributed by atoms with Gasteiger partial charge in [0.15, 0.2) is 5.13 Å². The molecular weight excluding hydrogens is 308 g/mol. The number of nitrogens with two attached hydrogens (primary N) is 1. The van der Waals surface area contributed by atoms with Gasteiger partial charge >= 0.3 is 0 Å². The number of nitrogens with zero attached hydrogens (tertiary/aromatic N) is 2. The zero-order chi connectivity index (χ0) is 15.4. The Morgan fingerprint density at radius 1 is 1.52 bits per heavy atom. The summed E-state index contributed by atoms with van der Waals surface area (Å²) in [5, 5.41) is 3.73. The first-order valence-electron chi connectivity index (χ1n) is 7.09. The number of nitrogens with one attached hydrogen (secondary N) is 1. The van der Waals surface area contributed by atoms with E-state index in [0.29, 0.717) is 22.9 Å². The SMILES string of the molecule is CC(CCS(C)=O)NC(=O)c1sc(N2CCCC2)nc1N. The Balaban J connectivity index is 1.97. The van der Waals surface area contributed by atoms with Crippen molar-refractivity contribution in [3.8, 4) is 0 Å². The van der Waals surface area contributed by atoms with Gasteiger partial charge in [-0.2, -0.15) is 0 Å². The van der Waals surface area contributed by atoms with E-state index in [1.807, 2.05) is 6.92 Å². The molecule has 8 heteroatoms. The third kappa shape index (κ3) is 4.41. The Labute approximate surface area is 131 Å². The summed E-state index contributed by atoms with van der Waals surface area (Å²) in [4.78, 5) is 19.2. The van der Waals surface area contributed by atoms with Crippen molar-refractivity contribution in [2.75, 3.05) is 35.7 Å². The van der Waals surface area contributed by atoms with Crippen molar-refractivity contribution in [1.29, 1.82) is 0 Å². The van der Waals surface area contributed by atoms with Gasteiger partial charge in [-0.1, -0.05) is 11.3 Å². The molecule has 6 nitrogen and oxygen atoms in total. The monoisotopic (exact) mass is 330 g/mol. The van der Waals surface area contributed by atoms with Crippen LogP contribution in [0.15, 0.2) is 0 Å². The first-order valence-corrected chi connectivity index (χ1v) is 9.64. The van der Waals surface area contributed by atoms with Gasteiger partial charge in [-0.15, -0.1) is 0 Å². The summed E-state index contributed by atoms with van der Waals surface area (Å²) in [6.07, 6.45) is 4.67. The molecular formula is C13H22N4O2S2. The Morgan fingerprint density at radius 3 is 2.81 bits per heavy atom. The van der Waals surface area contributed by atoms with Crippen molar-refractivity contribution >= 4 is 39.0 Å². The van der Waals surface area contributed by atoms with E-state index >= 15 is 0 Å². The fourth-order valence-electron chi connectivity index (χ4n) is 2.23. The molecule has 21 heavy (non-hydrogen) atoms. The molecule has 2 atom stereocenters. The highest BCUT2D eigenvalue weighted by atomic mass is 32.2. The number of thiazole rings is 1. The zero-order valence-corrected chi connectivity index (χ0v) is 14.1. The van der Waals surface area contributed by atoms with E-state index in [9.17, 15) is 9.00 Å². The number of carbonyl (C=O) groups excluding carboxylic acids is 1. The lowest BCUT2D eigenvalue weighted by Gasteiger charge is -2.13. The summed E-state index contributed by atoms with van der Waals surface area (Å²) in [6.45, 7) is 3.86. The third-order valence-electron chi connectivity index (χ3n) is 3.44. The maximum absolute atomic E-state index is 12.2. The number of carbonyl (C=O) groups is 1. The summed E-state index contributed by atoms with van der Waals surface area (Å²) in [5.74, 6) is 0.689. The van der Waals surface area contributed by atoms with Crippen LogP contribution in [-0.2, 0) is 10.8 Å². The molecule has 2 unspecified atom stereocenters. The van der Waals surface area contributed by atoms with Crippen molar-refractivity contribution in [2.45, 2.75) is 32.2 Å². The highest BCUT2D eigenvalue weighted by Crippen LogP contribution is 2.30. The molecule has 1 fully saturated rings. The van der Waals surface area contributed by atoms with Crippen LogP contribution in [0, 0.1) is 0 Å². The van der Waals surface area contributed by atoms with Crippen LogP contribution in [0.25, 0.3) is 0 Å². The number of aromatic nitrogens is 1. The minimum absolute atomic E-state index is 0.0295. The van der Waals surface area contributed by atoms with Crippen LogP contribution in [0.1, 0.15) is 35.9 Å². The average Bonchev–Trinajstić information content (AvgIpc) is 3.05. The Hall–Kier alpha value is -1.15. The standard InChI is InChI=1S/C13H22N4O2S2/c1-9(5-8-21(2)19)15-12(18)10-11(14)16-13(20-10)17-6-3-4-7-17/h9H,3-8,14H2,1-2H3,(H,15,18). The molecule has 1 aromatic heterocycles. The van der Waals surface area contributed by atoms with Gasteiger partial charge in [0.25, 0.3) is 5.91 Å². The van der Waals surface area contributed by atoms with E-state index in [1.165, 1.54) is 11.3 Å². The molecule has 0 spiro atoms. The molecule has 1 amide bonds. The Morgan fingerprint density at radius 2 is 2.19 bits per heavy atom. The van der Waals surface area contributed by atoms with E-state index < -0.39 is 10.8 Å². The van der Waals surface area contributed by atoms with Gasteiger partial charge in [0.05, 0.1) is 0 Å². The number of anilines is 2. The van der Waals surface area contributed by atoms with Gasteiger partial charge in [-0.05, 0) is 26.2 Å². The third-order valence-corrected chi connectivity index (χ3v) is 5.38. The van der Waals surface area contributed by atoms with Crippen LogP contribution in [0.3, 0.4) is 0 Å². The van der Waals surface area contributed by atoms with Crippen LogP contribution in [-0.4, -0.2) is 46.2 Å². The Bertz CT molecular complexity index is 526. The number of rotatable bonds is 6. The second-order valence-electron chi connectivity index (χ2n) is 5.35. The molecule has 3 N–H and O–H groups in total. The quantitative estimate of drug-likeness (QED) is 0.818. The molecule has 1 aromatic rings. The smallest absolute Gasteiger partial charge is 0.265 e. The molecule has 0 radical (unpaired) electrons. The highest BCUT2D eigenvalue weighted by molar-refractivity contribution is 7.84. The van der Waals surface area contributed by atoms with Crippen LogP contribution in [0.2, 0.25) is 0 Å². The van der Waals surface area contributed by atoms with Crippen LogP contribution >= 0.6 is 11.3 Å². The van der Waals surface area contributed by atoms with Gasteiger partial charge in [0.2, 0.25) is 0 Å². The first kappa shape index (κ1) is 16.2. The van der Waals surface area contributed by atoms with E-state index in [-0.39, 0.29) is 11.9 Å². The van der Waals surface area contributed by atoms with E-state index in [4.69, 9.17) is 5.73 Å². The summed E-state index contributed by atoms with van der Waals surface area (Å²) < 4.78 is 11.1. The van der Waals surface area contributed by atoms with E-state index in [0.717, 1.165) is 31.1 Å². The van der Waals surface area contributed by atoms with E-state index in [1.54, 1.807) is 6.26 Å². The summed E-state index contributed by atoms with van der Waals surface area (Å²) in [7, 11) is -0.840. The van der Waals surface area contributed by atoms with Crippen molar-refractivity contribution in [3.63, 3.8) is 0 Å². The lowest BCUT2D eigenvalue weighted by molar-refractivity contribution is 0.0944. The summed E-state index contributed by atoms with van der Waals surface area (Å²) in [5.41, 5.74) is 5.87. The molecule has 0 aliphatic carbocycles. The largest absolute Gasteiger partial charge is 0.382 e. The van der Waals surface area contributed by atoms with Crippen molar-refractivity contribution in [2.24, 2.45) is 0 Å². The topological polar surface area (TPSA) is 88.3 Å². The van der Waals surface area contributed by atoms with Gasteiger partial charge in [0, 0.05) is 41.9 Å². The number of hydrogen-bond donors (Lipinski definition) is 2. The number of hydrogen-bond acceptors (Lipinski definition) is 6. The molecule has 2 rings (SSSR count). The molecule has 1 saturated heterocycles. The predicted molar refractivity (Wildman–Crippen MR) is 88.5 cm³/mol. The van der Waals surface area contributed by atoms with Crippen molar-refractivity contribution < 1.29 is 9.00 Å². The summed E-state index contributed by atoms with van der Waals surface area (Å²) in [6, 6.07) is -0.0295. The fourth-order valence-corrected chi connectivity index (χ4v) is 3.86. The van der Waals surface area contributed by atoms with Gasteiger partial charge in [-0.3, -0.25) is 9.00 Å². The van der Waals surface area contributed by atoms with Crippen molar-refractivity contribution in [3.05, 3.63) is 4.88 Å². The number of amides is 1. The van der Waals surface area contributed by atoms with E-state index in [2.05, 4.69) is 15.2 Å². The second kappa shape index (κ2) is 7.22. The molecule has 1 aliphatic heterocycles. The highest BCUT2D eigenvalue weighted by Gasteiger charge is 2.22. The first-order chi connectivity index (χ1) is 9.97.